The predicted molar refractivity (Wildman–Crippen MR) is 189 cm³/mol. The molecular weight excluding hydrogens is 665 g/mol. The lowest BCUT2D eigenvalue weighted by atomic mass is 9.86. The first-order valence-corrected chi connectivity index (χ1v) is 17.0. The Balaban J connectivity index is 1.27. The number of hydrogen-bond acceptors (Lipinski definition) is 9. The van der Waals surface area contributed by atoms with E-state index in [1.54, 1.807) is 43.5 Å². The van der Waals surface area contributed by atoms with Crippen molar-refractivity contribution in [1.82, 2.24) is 9.88 Å². The number of fused-ring (bicyclic) bond motifs is 3. The molecular formula is C38H39Cl2N3O6. The van der Waals surface area contributed by atoms with Crippen LogP contribution in [0.25, 0.3) is 0 Å². The van der Waals surface area contributed by atoms with Crippen LogP contribution in [0.3, 0.4) is 0 Å². The summed E-state index contributed by atoms with van der Waals surface area (Å²) in [4.78, 5) is 36.1. The van der Waals surface area contributed by atoms with E-state index in [-0.39, 0.29) is 18.5 Å². The molecule has 9 nitrogen and oxygen atoms in total. The summed E-state index contributed by atoms with van der Waals surface area (Å²) in [6.45, 7) is 2.87. The minimum atomic E-state index is -0.792. The molecule has 4 heterocycles. The second-order valence-electron chi connectivity index (χ2n) is 12.4. The maximum atomic E-state index is 13.9. The number of halogens is 2. The summed E-state index contributed by atoms with van der Waals surface area (Å²) < 4.78 is 23.3. The van der Waals surface area contributed by atoms with Crippen LogP contribution < -0.4 is 14.4 Å². The van der Waals surface area contributed by atoms with Gasteiger partial charge in [-0.2, -0.15) is 0 Å². The Labute approximate surface area is 296 Å². The molecule has 3 aliphatic rings. The van der Waals surface area contributed by atoms with E-state index in [1.807, 2.05) is 48.3 Å². The Hall–Kier alpha value is -4.31. The van der Waals surface area contributed by atoms with Crippen LogP contribution in [-0.4, -0.2) is 68.8 Å². The number of carbonyl (C=O) groups excluding carboxylic acids is 2. The Kier molecular flexibility index (Phi) is 10.9. The molecule has 2 unspecified atom stereocenters. The summed E-state index contributed by atoms with van der Waals surface area (Å²) in [6, 6.07) is 21.2. The summed E-state index contributed by atoms with van der Waals surface area (Å²) in [7, 11) is 4.92. The van der Waals surface area contributed by atoms with E-state index >= 15 is 0 Å². The Morgan fingerprint density at radius 1 is 0.898 bits per heavy atom. The first-order chi connectivity index (χ1) is 23.7. The number of likely N-dealkylation sites (N-methyl/N-ethyl adjacent to an activating group) is 1. The quantitative estimate of drug-likeness (QED) is 0.140. The van der Waals surface area contributed by atoms with Crippen LogP contribution in [-0.2, 0) is 20.7 Å². The van der Waals surface area contributed by atoms with Gasteiger partial charge in [-0.15, -0.1) is 0 Å². The third-order valence-corrected chi connectivity index (χ3v) is 10.1. The maximum Gasteiger partial charge on any atom is 0.338 e. The summed E-state index contributed by atoms with van der Waals surface area (Å²) in [5.41, 5.74) is 3.00. The third-order valence-electron chi connectivity index (χ3n) is 9.45. The highest BCUT2D eigenvalue weighted by Crippen LogP contribution is 2.37. The van der Waals surface area contributed by atoms with E-state index in [0.717, 1.165) is 38.0 Å². The number of piperidine rings is 3. The first kappa shape index (κ1) is 34.5. The van der Waals surface area contributed by atoms with Crippen molar-refractivity contribution in [2.24, 2.45) is 5.92 Å². The van der Waals surface area contributed by atoms with E-state index in [4.69, 9.17) is 42.1 Å². The van der Waals surface area contributed by atoms with Crippen LogP contribution in [0.2, 0.25) is 10.0 Å². The van der Waals surface area contributed by atoms with Gasteiger partial charge in [-0.3, -0.25) is 9.88 Å². The van der Waals surface area contributed by atoms with Crippen molar-refractivity contribution in [3.63, 3.8) is 0 Å². The van der Waals surface area contributed by atoms with Crippen molar-refractivity contribution in [3.8, 4) is 11.5 Å². The zero-order valence-corrected chi connectivity index (χ0v) is 29.2. The van der Waals surface area contributed by atoms with Crippen LogP contribution in [0.4, 0.5) is 5.69 Å². The molecule has 1 aromatic heterocycles. The molecule has 3 saturated heterocycles. The van der Waals surface area contributed by atoms with Gasteiger partial charge in [0.2, 0.25) is 0 Å². The van der Waals surface area contributed by atoms with Gasteiger partial charge in [-0.1, -0.05) is 65.7 Å². The molecule has 0 spiro atoms. The molecule has 3 aliphatic heterocycles. The Morgan fingerprint density at radius 3 is 2.27 bits per heavy atom. The van der Waals surface area contributed by atoms with Crippen LogP contribution in [0.5, 0.6) is 11.5 Å². The average Bonchev–Trinajstić information content (AvgIpc) is 3.13. The highest BCUT2D eigenvalue weighted by Gasteiger charge is 2.39. The number of pyridine rings is 1. The summed E-state index contributed by atoms with van der Waals surface area (Å²) in [5, 5.41) is 0.712. The second kappa shape index (κ2) is 15.5. The zero-order valence-electron chi connectivity index (χ0n) is 27.7. The van der Waals surface area contributed by atoms with Crippen LogP contribution >= 0.6 is 23.2 Å². The van der Waals surface area contributed by atoms with E-state index in [1.165, 1.54) is 19.5 Å². The Morgan fingerprint density at radius 2 is 1.61 bits per heavy atom. The molecule has 0 N–H and O–H groups in total. The lowest BCUT2D eigenvalue weighted by molar-refractivity contribution is -0.160. The number of rotatable bonds is 12. The van der Waals surface area contributed by atoms with E-state index in [9.17, 15) is 9.59 Å². The molecule has 49 heavy (non-hydrogen) atoms. The molecule has 0 aliphatic carbocycles. The molecule has 3 aromatic carbocycles. The van der Waals surface area contributed by atoms with Crippen molar-refractivity contribution in [2.75, 3.05) is 45.8 Å². The van der Waals surface area contributed by atoms with Crippen molar-refractivity contribution in [1.29, 1.82) is 0 Å². The molecule has 11 heteroatoms. The number of hydrogen-bond donors (Lipinski definition) is 0. The van der Waals surface area contributed by atoms with Gasteiger partial charge in [-0.05, 0) is 78.9 Å². The lowest BCUT2D eigenvalue weighted by Crippen LogP contribution is -2.52. The number of nitrogens with zero attached hydrogens (tertiary/aromatic N) is 3. The smallest absolute Gasteiger partial charge is 0.338 e. The molecule has 256 valence electrons. The topological polar surface area (TPSA) is 90.4 Å². The van der Waals surface area contributed by atoms with E-state index < -0.39 is 18.1 Å². The van der Waals surface area contributed by atoms with Gasteiger partial charge in [0.15, 0.2) is 17.5 Å². The van der Waals surface area contributed by atoms with Crippen LogP contribution in [0.15, 0.2) is 85.2 Å². The summed E-state index contributed by atoms with van der Waals surface area (Å²) in [6.07, 6.45) is 4.34. The van der Waals surface area contributed by atoms with Crippen molar-refractivity contribution in [2.45, 2.75) is 37.5 Å². The minimum Gasteiger partial charge on any atom is -0.493 e. The highest BCUT2D eigenvalue weighted by atomic mass is 35.5. The maximum absolute atomic E-state index is 13.9. The average molecular weight is 705 g/mol. The Bertz CT molecular complexity index is 1760. The number of benzene rings is 3. The number of esters is 2. The third kappa shape index (κ3) is 7.80. The number of aromatic nitrogens is 1. The normalized spacial score (nSPS) is 19.4. The molecule has 3 fully saturated rings. The van der Waals surface area contributed by atoms with Gasteiger partial charge in [-0.25, -0.2) is 9.59 Å². The van der Waals surface area contributed by atoms with Gasteiger partial charge < -0.3 is 23.8 Å². The molecule has 0 radical (unpaired) electrons. The van der Waals surface area contributed by atoms with Crippen LogP contribution in [0, 0.1) is 5.92 Å². The number of ether oxygens (including phenoxy) is 4. The number of carbonyl (C=O) groups is 2. The monoisotopic (exact) mass is 703 g/mol. The molecule has 0 saturated carbocycles. The fourth-order valence-corrected chi connectivity index (χ4v) is 7.23. The van der Waals surface area contributed by atoms with Gasteiger partial charge in [0.25, 0.3) is 0 Å². The largest absolute Gasteiger partial charge is 0.493 e. The fraction of sp³-hybridized carbons (Fsp3) is 0.342. The summed E-state index contributed by atoms with van der Waals surface area (Å²) in [5.74, 6) is 0.507. The van der Waals surface area contributed by atoms with E-state index in [0.29, 0.717) is 49.8 Å². The fourth-order valence-electron chi connectivity index (χ4n) is 6.71. The van der Waals surface area contributed by atoms with Crippen LogP contribution in [0.1, 0.15) is 52.0 Å². The highest BCUT2D eigenvalue weighted by molar-refractivity contribution is 6.35. The van der Waals surface area contributed by atoms with E-state index in [2.05, 4.69) is 9.88 Å². The molecule has 3 atom stereocenters. The van der Waals surface area contributed by atoms with Gasteiger partial charge >= 0.3 is 11.9 Å². The molecule has 4 aromatic rings. The first-order valence-electron chi connectivity index (χ1n) is 16.3. The molecule has 2 bridgehead atoms. The molecule has 7 rings (SSSR count). The SMILES string of the molecule is COc1ccc(C(Cc2c(Cl)cncc2Cl)OC(=O)c2cccc(N(C)C(C(=O)O[C@H]3CN4CCC3CC4)c3ccccc3)c2)cc1OC. The zero-order chi connectivity index (χ0) is 34.5. The van der Waals surface area contributed by atoms with Gasteiger partial charge in [0.1, 0.15) is 12.2 Å². The number of anilines is 1. The van der Waals surface area contributed by atoms with Crippen molar-refractivity contribution >= 4 is 40.8 Å². The van der Waals surface area contributed by atoms with Crippen molar-refractivity contribution in [3.05, 3.63) is 117 Å². The number of methoxy groups -OCH3 is 2. The molecule has 0 amide bonds. The standard InChI is InChI=1S/C38H39Cl2N3O6/c1-42(36(25-8-5-4-6-9-25)38(45)49-35-23-43-16-14-24(35)15-17-43)28-11-7-10-27(18-28)37(44)48-33(20-29-30(39)21-41-22-31(29)40)26-12-13-32(46-2)34(19-26)47-3/h4-13,18-19,21-22,24,33,35-36H,14-17,20,23H2,1-3H3/t33?,35-,36?/m0/s1. The van der Waals surface area contributed by atoms with Gasteiger partial charge in [0, 0.05) is 38.1 Å². The predicted octanol–water partition coefficient (Wildman–Crippen LogP) is 7.36. The van der Waals surface area contributed by atoms with Gasteiger partial charge in [0.05, 0.1) is 29.8 Å². The lowest BCUT2D eigenvalue weighted by Gasteiger charge is -2.44. The summed E-state index contributed by atoms with van der Waals surface area (Å²) >= 11 is 13.0. The second-order valence-corrected chi connectivity index (χ2v) is 13.2. The minimum absolute atomic E-state index is 0.133. The van der Waals surface area contributed by atoms with Crippen molar-refractivity contribution < 1.29 is 28.5 Å².